The van der Waals surface area contributed by atoms with Crippen molar-refractivity contribution in [3.8, 4) is 0 Å². The molecule has 0 aliphatic rings. The summed E-state index contributed by atoms with van der Waals surface area (Å²) in [6.07, 6.45) is 53.4. The van der Waals surface area contributed by atoms with E-state index in [1.54, 1.807) is 0 Å². The van der Waals surface area contributed by atoms with Crippen LogP contribution in [0.5, 0.6) is 0 Å². The Kier molecular flexibility index (Phi) is 40.0. The molecule has 0 aromatic carbocycles. The SMILES string of the molecule is CC/C=C\C/C=C\C/C=C\C/C=C\CCC(=O)OC(COCCCCCCCCC/C=C\C/C=C\C/C=C\CCCCCCC)COP(=O)(O)OCCN. The van der Waals surface area contributed by atoms with Gasteiger partial charge in [0.15, 0.2) is 0 Å². The molecule has 3 N–H and O–H groups in total. The van der Waals surface area contributed by atoms with E-state index < -0.39 is 19.9 Å². The third kappa shape index (κ3) is 40.9. The van der Waals surface area contributed by atoms with Crippen LogP contribution < -0.4 is 5.73 Å². The number of phosphoric ester groups is 1. The molecule has 310 valence electrons. The maximum absolute atomic E-state index is 12.5. The van der Waals surface area contributed by atoms with E-state index in [0.29, 0.717) is 13.0 Å². The molecule has 0 fully saturated rings. The molecule has 0 rings (SSSR count). The second-order valence-corrected chi connectivity index (χ2v) is 14.9. The van der Waals surface area contributed by atoms with Gasteiger partial charge >= 0.3 is 13.8 Å². The molecule has 9 heteroatoms. The van der Waals surface area contributed by atoms with Crippen molar-refractivity contribution in [1.29, 1.82) is 0 Å². The van der Waals surface area contributed by atoms with Gasteiger partial charge in [0.25, 0.3) is 0 Å². The van der Waals surface area contributed by atoms with Crippen LogP contribution in [0, 0.1) is 0 Å². The average molecular weight is 776 g/mol. The predicted octanol–water partition coefficient (Wildman–Crippen LogP) is 12.5. The number of esters is 1. The van der Waals surface area contributed by atoms with Crippen LogP contribution in [0.25, 0.3) is 0 Å². The van der Waals surface area contributed by atoms with Crippen LogP contribution in [0.15, 0.2) is 85.1 Å². The zero-order chi connectivity index (χ0) is 39.5. The first-order valence-corrected chi connectivity index (χ1v) is 22.6. The molecule has 0 saturated heterocycles. The molecule has 0 amide bonds. The summed E-state index contributed by atoms with van der Waals surface area (Å²) >= 11 is 0. The van der Waals surface area contributed by atoms with Gasteiger partial charge in [-0.25, -0.2) is 4.57 Å². The van der Waals surface area contributed by atoms with Crippen molar-refractivity contribution in [3.05, 3.63) is 85.1 Å². The highest BCUT2D eigenvalue weighted by molar-refractivity contribution is 7.47. The smallest absolute Gasteiger partial charge is 0.457 e. The normalized spacial score (nSPS) is 14.4. The molecule has 2 atom stereocenters. The Bertz CT molecular complexity index is 1100. The third-order valence-corrected chi connectivity index (χ3v) is 9.29. The number of allylic oxidation sites excluding steroid dienone is 14. The van der Waals surface area contributed by atoms with Gasteiger partial charge in [0.2, 0.25) is 0 Å². The van der Waals surface area contributed by atoms with Crippen LogP contribution in [0.1, 0.15) is 155 Å². The van der Waals surface area contributed by atoms with Gasteiger partial charge < -0.3 is 20.1 Å². The first-order chi connectivity index (χ1) is 26.4. The molecule has 0 aliphatic heterocycles. The molecule has 0 radical (unpaired) electrons. The van der Waals surface area contributed by atoms with Crippen molar-refractivity contribution < 1.29 is 32.8 Å². The number of carbonyl (C=O) groups is 1. The van der Waals surface area contributed by atoms with Crippen molar-refractivity contribution >= 4 is 13.8 Å². The molecule has 0 aromatic rings. The first-order valence-electron chi connectivity index (χ1n) is 21.1. The van der Waals surface area contributed by atoms with E-state index in [4.69, 9.17) is 24.3 Å². The van der Waals surface area contributed by atoms with Crippen LogP contribution in [0.3, 0.4) is 0 Å². The van der Waals surface area contributed by atoms with E-state index in [1.807, 2.05) is 12.2 Å². The van der Waals surface area contributed by atoms with Gasteiger partial charge in [-0.1, -0.05) is 157 Å². The lowest BCUT2D eigenvalue weighted by Gasteiger charge is -2.20. The number of hydrogen-bond donors (Lipinski definition) is 2. The average Bonchev–Trinajstić information content (AvgIpc) is 3.16. The van der Waals surface area contributed by atoms with Crippen LogP contribution >= 0.6 is 7.82 Å². The summed E-state index contributed by atoms with van der Waals surface area (Å²) < 4.78 is 33.3. The van der Waals surface area contributed by atoms with Gasteiger partial charge in [0.1, 0.15) is 6.10 Å². The van der Waals surface area contributed by atoms with Gasteiger partial charge in [0.05, 0.1) is 19.8 Å². The highest BCUT2D eigenvalue weighted by Gasteiger charge is 2.25. The lowest BCUT2D eigenvalue weighted by molar-refractivity contribution is -0.154. The summed E-state index contributed by atoms with van der Waals surface area (Å²) in [4.78, 5) is 22.4. The minimum Gasteiger partial charge on any atom is -0.457 e. The fraction of sp³-hybridized carbons (Fsp3) is 0.667. The number of carbonyl (C=O) groups excluding carboxylic acids is 1. The number of unbranched alkanes of at least 4 members (excludes halogenated alkanes) is 12. The Morgan fingerprint density at radius 2 is 1.04 bits per heavy atom. The second-order valence-electron chi connectivity index (χ2n) is 13.5. The fourth-order valence-electron chi connectivity index (χ4n) is 5.25. The Labute approximate surface area is 330 Å². The molecular weight excluding hydrogens is 697 g/mol. The fourth-order valence-corrected chi connectivity index (χ4v) is 6.02. The van der Waals surface area contributed by atoms with Crippen LogP contribution in [0.2, 0.25) is 0 Å². The zero-order valence-corrected chi connectivity index (χ0v) is 35.1. The quantitative estimate of drug-likeness (QED) is 0.0274. The molecule has 54 heavy (non-hydrogen) atoms. The minimum atomic E-state index is -4.30. The largest absolute Gasteiger partial charge is 0.472 e. The maximum Gasteiger partial charge on any atom is 0.472 e. The number of nitrogens with two attached hydrogens (primary N) is 1. The summed E-state index contributed by atoms with van der Waals surface area (Å²) in [5.41, 5.74) is 5.35. The summed E-state index contributed by atoms with van der Waals surface area (Å²) in [6, 6.07) is 0. The van der Waals surface area contributed by atoms with Gasteiger partial charge in [-0.05, 0) is 77.0 Å². The molecule has 2 unspecified atom stereocenters. The van der Waals surface area contributed by atoms with Gasteiger partial charge in [-0.3, -0.25) is 13.8 Å². The van der Waals surface area contributed by atoms with Crippen molar-refractivity contribution in [3.63, 3.8) is 0 Å². The monoisotopic (exact) mass is 776 g/mol. The van der Waals surface area contributed by atoms with Gasteiger partial charge in [0, 0.05) is 19.6 Å². The van der Waals surface area contributed by atoms with Crippen LogP contribution in [-0.4, -0.2) is 49.9 Å². The zero-order valence-electron chi connectivity index (χ0n) is 34.2. The lowest BCUT2D eigenvalue weighted by atomic mass is 10.1. The topological polar surface area (TPSA) is 117 Å². The highest BCUT2D eigenvalue weighted by atomic mass is 31.2. The maximum atomic E-state index is 12.5. The van der Waals surface area contributed by atoms with Crippen molar-refractivity contribution in [2.75, 3.05) is 33.0 Å². The summed E-state index contributed by atoms with van der Waals surface area (Å²) in [7, 11) is -4.30. The molecule has 0 bridgehead atoms. The van der Waals surface area contributed by atoms with Gasteiger partial charge in [-0.2, -0.15) is 0 Å². The molecule has 8 nitrogen and oxygen atoms in total. The van der Waals surface area contributed by atoms with E-state index in [0.717, 1.165) is 64.2 Å². The number of hydrogen-bond acceptors (Lipinski definition) is 7. The molecule has 0 aromatic heterocycles. The van der Waals surface area contributed by atoms with E-state index >= 15 is 0 Å². The highest BCUT2D eigenvalue weighted by Crippen LogP contribution is 2.43. The number of ether oxygens (including phenoxy) is 2. The number of rotatable bonds is 39. The molecule has 0 spiro atoms. The van der Waals surface area contributed by atoms with Gasteiger partial charge in [-0.15, -0.1) is 0 Å². The number of phosphoric acid groups is 1. The standard InChI is InChI=1S/C45H78NO7P/c1-3-5-7-9-11-13-15-17-18-19-20-21-22-23-24-25-27-29-31-33-35-37-40-50-42-44(43-52-54(48,49)51-41-39-46)53-45(47)38-36-34-32-30-28-26-16-14-12-10-8-6-4-2/h6,8,12,14-15,17,19-20,22-23,26,28,32,34,44H,3-5,7,9-11,13,16,18,21,24-25,27,29-31,33,35-43,46H2,1-2H3,(H,48,49)/b8-6-,14-12-,17-15-,20-19-,23-22-,28-26-,34-32-. The lowest BCUT2D eigenvalue weighted by Crippen LogP contribution is -2.28. The molecule has 0 saturated carbocycles. The Morgan fingerprint density at radius 3 is 1.56 bits per heavy atom. The van der Waals surface area contributed by atoms with Crippen molar-refractivity contribution in [2.24, 2.45) is 5.73 Å². The second kappa shape index (κ2) is 41.8. The van der Waals surface area contributed by atoms with E-state index in [1.165, 1.54) is 64.2 Å². The van der Waals surface area contributed by atoms with Crippen molar-refractivity contribution in [2.45, 2.75) is 161 Å². The minimum absolute atomic E-state index is 0.0756. The third-order valence-electron chi connectivity index (χ3n) is 8.31. The Balaban J connectivity index is 4.12. The summed E-state index contributed by atoms with van der Waals surface area (Å²) in [5, 5.41) is 0. The van der Waals surface area contributed by atoms with E-state index in [-0.39, 0.29) is 32.8 Å². The molecular formula is C45H78NO7P. The predicted molar refractivity (Wildman–Crippen MR) is 228 cm³/mol. The summed E-state index contributed by atoms with van der Waals surface area (Å²) in [5.74, 6) is -0.417. The molecule has 0 aliphatic carbocycles. The first kappa shape index (κ1) is 51.7. The van der Waals surface area contributed by atoms with Crippen LogP contribution in [0.4, 0.5) is 0 Å². The van der Waals surface area contributed by atoms with E-state index in [9.17, 15) is 14.3 Å². The van der Waals surface area contributed by atoms with Crippen molar-refractivity contribution in [1.82, 2.24) is 0 Å². The van der Waals surface area contributed by atoms with E-state index in [2.05, 4.69) is 86.8 Å². The Morgan fingerprint density at radius 1 is 0.574 bits per heavy atom. The van der Waals surface area contributed by atoms with Crippen LogP contribution in [-0.2, 0) is 27.9 Å². The Hall–Kier alpha value is -2.32. The molecule has 0 heterocycles. The summed E-state index contributed by atoms with van der Waals surface area (Å²) in [6.45, 7) is 4.64.